The van der Waals surface area contributed by atoms with Crippen molar-refractivity contribution in [3.05, 3.63) is 59.6 Å². The largest absolute Gasteiger partial charge is 0.439 e. The van der Waals surface area contributed by atoms with Crippen LogP contribution in [0.25, 0.3) is 11.2 Å². The molecular formula is C21H24N4O3. The van der Waals surface area contributed by atoms with Gasteiger partial charge in [0.2, 0.25) is 5.91 Å². The highest BCUT2D eigenvalue weighted by atomic mass is 16.3. The number of carbonyl (C=O) groups excluding carboxylic acids is 1. The predicted molar refractivity (Wildman–Crippen MR) is 105 cm³/mol. The van der Waals surface area contributed by atoms with E-state index in [1.165, 1.54) is 11.1 Å². The van der Waals surface area contributed by atoms with Crippen LogP contribution < -0.4 is 5.32 Å². The Morgan fingerprint density at radius 3 is 2.96 bits per heavy atom. The van der Waals surface area contributed by atoms with E-state index in [2.05, 4.69) is 38.4 Å². The molecule has 3 heterocycles. The van der Waals surface area contributed by atoms with Gasteiger partial charge in [-0.15, -0.1) is 0 Å². The highest BCUT2D eigenvalue weighted by Crippen LogP contribution is 2.18. The van der Waals surface area contributed by atoms with E-state index in [4.69, 9.17) is 4.42 Å². The molecule has 4 rings (SSSR count). The lowest BCUT2D eigenvalue weighted by atomic mass is 10.00. The molecule has 1 aliphatic heterocycles. The molecule has 0 bridgehead atoms. The van der Waals surface area contributed by atoms with Gasteiger partial charge in [0.25, 0.3) is 0 Å². The summed E-state index contributed by atoms with van der Waals surface area (Å²) < 4.78 is 5.56. The fraction of sp³-hybridized carbons (Fsp3) is 0.381. The van der Waals surface area contributed by atoms with Crippen LogP contribution in [0.1, 0.15) is 23.4 Å². The van der Waals surface area contributed by atoms with Crippen molar-refractivity contribution in [2.75, 3.05) is 19.6 Å². The second kappa shape index (κ2) is 8.50. The quantitative estimate of drug-likeness (QED) is 0.648. The maximum absolute atomic E-state index is 12.1. The number of rotatable bonds is 7. The van der Waals surface area contributed by atoms with Gasteiger partial charge in [0.1, 0.15) is 0 Å². The lowest BCUT2D eigenvalue weighted by Gasteiger charge is -2.30. The van der Waals surface area contributed by atoms with Crippen LogP contribution in [0, 0.1) is 0 Å². The number of aliphatic hydroxyl groups is 1. The van der Waals surface area contributed by atoms with Gasteiger partial charge >= 0.3 is 0 Å². The van der Waals surface area contributed by atoms with Crippen molar-refractivity contribution >= 4 is 17.1 Å². The van der Waals surface area contributed by atoms with Crippen LogP contribution in [0.15, 0.2) is 47.0 Å². The van der Waals surface area contributed by atoms with E-state index < -0.39 is 6.10 Å². The minimum Gasteiger partial charge on any atom is -0.439 e. The third kappa shape index (κ3) is 4.55. The predicted octanol–water partition coefficient (Wildman–Crippen LogP) is 1.69. The van der Waals surface area contributed by atoms with Crippen molar-refractivity contribution in [1.29, 1.82) is 0 Å². The first-order chi connectivity index (χ1) is 13.7. The summed E-state index contributed by atoms with van der Waals surface area (Å²) in [7, 11) is 0. The molecule has 0 aliphatic carbocycles. The number of hydrogen-bond acceptors (Lipinski definition) is 6. The van der Waals surface area contributed by atoms with Crippen molar-refractivity contribution in [1.82, 2.24) is 20.2 Å². The van der Waals surface area contributed by atoms with Crippen molar-refractivity contribution in [2.45, 2.75) is 31.9 Å². The van der Waals surface area contributed by atoms with Crippen LogP contribution >= 0.6 is 0 Å². The lowest BCUT2D eigenvalue weighted by molar-refractivity contribution is -0.121. The Labute approximate surface area is 163 Å². The average molecular weight is 380 g/mol. The standard InChI is InChI=1S/C21H24N4O3/c26-17(14-25-11-9-15-4-1-2-5-16(15)13-25)12-23-19(27)7-8-20-24-21-18(28-20)6-3-10-22-21/h1-6,10,17,26H,7-9,11-14H2,(H,23,27)/t17-/m1/s1. The monoisotopic (exact) mass is 380 g/mol. The summed E-state index contributed by atoms with van der Waals surface area (Å²) in [5, 5.41) is 13.1. The van der Waals surface area contributed by atoms with Gasteiger partial charge in [-0.2, -0.15) is 4.98 Å². The Morgan fingerprint density at radius 1 is 1.25 bits per heavy atom. The molecule has 1 aromatic carbocycles. The summed E-state index contributed by atoms with van der Waals surface area (Å²) in [6.45, 7) is 2.55. The number of aromatic nitrogens is 2. The van der Waals surface area contributed by atoms with E-state index in [-0.39, 0.29) is 18.9 Å². The number of benzene rings is 1. The van der Waals surface area contributed by atoms with Gasteiger partial charge in [-0.25, -0.2) is 4.98 Å². The summed E-state index contributed by atoms with van der Waals surface area (Å²) in [6, 6.07) is 12.0. The Balaban J connectivity index is 1.19. The topological polar surface area (TPSA) is 91.5 Å². The first-order valence-electron chi connectivity index (χ1n) is 9.62. The van der Waals surface area contributed by atoms with E-state index in [1.54, 1.807) is 18.3 Å². The number of oxazole rings is 1. The van der Waals surface area contributed by atoms with Crippen LogP contribution in [0.2, 0.25) is 0 Å². The van der Waals surface area contributed by atoms with E-state index in [0.29, 0.717) is 30.1 Å². The normalized spacial score (nSPS) is 15.3. The van der Waals surface area contributed by atoms with Gasteiger partial charge in [-0.3, -0.25) is 9.69 Å². The molecule has 1 atom stereocenters. The Morgan fingerprint density at radius 2 is 2.11 bits per heavy atom. The zero-order valence-corrected chi connectivity index (χ0v) is 15.7. The fourth-order valence-electron chi connectivity index (χ4n) is 3.53. The SMILES string of the molecule is O=C(CCc1nc2ncccc2o1)NC[C@@H](O)CN1CCc2ccccc2C1. The molecule has 146 valence electrons. The van der Waals surface area contributed by atoms with Crippen LogP contribution in [-0.4, -0.2) is 51.6 Å². The molecule has 1 amide bonds. The van der Waals surface area contributed by atoms with Gasteiger partial charge in [0, 0.05) is 45.2 Å². The Bertz CT molecular complexity index is 922. The molecule has 7 nitrogen and oxygen atoms in total. The van der Waals surface area contributed by atoms with Crippen molar-refractivity contribution in [3.8, 4) is 0 Å². The molecule has 0 unspecified atom stereocenters. The van der Waals surface area contributed by atoms with Crippen LogP contribution in [0.5, 0.6) is 0 Å². The molecular weight excluding hydrogens is 356 g/mol. The smallest absolute Gasteiger partial charge is 0.220 e. The van der Waals surface area contributed by atoms with Crippen molar-refractivity contribution in [2.24, 2.45) is 0 Å². The fourth-order valence-corrected chi connectivity index (χ4v) is 3.53. The van der Waals surface area contributed by atoms with Crippen LogP contribution in [-0.2, 0) is 24.2 Å². The summed E-state index contributed by atoms with van der Waals surface area (Å²) in [6.07, 6.45) is 2.72. The van der Waals surface area contributed by atoms with Gasteiger partial charge in [-0.1, -0.05) is 24.3 Å². The summed E-state index contributed by atoms with van der Waals surface area (Å²) in [5.41, 5.74) is 3.88. The lowest BCUT2D eigenvalue weighted by Crippen LogP contribution is -2.42. The van der Waals surface area contributed by atoms with Gasteiger partial charge in [0.15, 0.2) is 17.1 Å². The average Bonchev–Trinajstić information content (AvgIpc) is 3.14. The molecule has 1 aliphatic rings. The second-order valence-electron chi connectivity index (χ2n) is 7.14. The molecule has 0 radical (unpaired) electrons. The third-order valence-electron chi connectivity index (χ3n) is 4.99. The number of β-amino-alcohol motifs (C(OH)–C–C–N with tert-alkyl or cyclic N) is 1. The number of amides is 1. The first kappa shape index (κ1) is 18.6. The second-order valence-corrected chi connectivity index (χ2v) is 7.14. The molecule has 0 saturated heterocycles. The Kier molecular flexibility index (Phi) is 5.64. The van der Waals surface area contributed by atoms with Crippen molar-refractivity contribution in [3.63, 3.8) is 0 Å². The minimum atomic E-state index is -0.595. The zero-order valence-electron chi connectivity index (χ0n) is 15.7. The van der Waals surface area contributed by atoms with E-state index in [1.807, 2.05) is 6.07 Å². The van der Waals surface area contributed by atoms with E-state index in [0.717, 1.165) is 19.5 Å². The number of aryl methyl sites for hydroxylation is 1. The number of hydrogen-bond donors (Lipinski definition) is 2. The number of nitrogens with one attached hydrogen (secondary N) is 1. The zero-order chi connectivity index (χ0) is 19.3. The number of carbonyl (C=O) groups is 1. The van der Waals surface area contributed by atoms with Crippen molar-refractivity contribution < 1.29 is 14.3 Å². The summed E-state index contributed by atoms with van der Waals surface area (Å²) in [5.74, 6) is 0.370. The molecule has 3 aromatic rings. The van der Waals surface area contributed by atoms with Gasteiger partial charge in [-0.05, 0) is 29.7 Å². The summed E-state index contributed by atoms with van der Waals surface area (Å²) in [4.78, 5) is 22.7. The van der Waals surface area contributed by atoms with E-state index in [9.17, 15) is 9.90 Å². The molecule has 0 saturated carbocycles. The van der Waals surface area contributed by atoms with Crippen LogP contribution in [0.3, 0.4) is 0 Å². The highest BCUT2D eigenvalue weighted by Gasteiger charge is 2.19. The first-order valence-corrected chi connectivity index (χ1v) is 9.62. The Hall–Kier alpha value is -2.77. The third-order valence-corrected chi connectivity index (χ3v) is 4.99. The van der Waals surface area contributed by atoms with Gasteiger partial charge < -0.3 is 14.8 Å². The van der Waals surface area contributed by atoms with Gasteiger partial charge in [0.05, 0.1) is 6.10 Å². The molecule has 2 aromatic heterocycles. The molecule has 2 N–H and O–H groups in total. The number of fused-ring (bicyclic) bond motifs is 2. The maximum atomic E-state index is 12.1. The van der Waals surface area contributed by atoms with Crippen LogP contribution in [0.4, 0.5) is 0 Å². The maximum Gasteiger partial charge on any atom is 0.220 e. The highest BCUT2D eigenvalue weighted by molar-refractivity contribution is 5.76. The molecule has 0 spiro atoms. The summed E-state index contributed by atoms with van der Waals surface area (Å²) >= 11 is 0. The number of aliphatic hydroxyl groups excluding tert-OH is 1. The number of pyridine rings is 1. The molecule has 0 fully saturated rings. The number of nitrogens with zero attached hydrogens (tertiary/aromatic N) is 3. The minimum absolute atomic E-state index is 0.127. The van der Waals surface area contributed by atoms with E-state index >= 15 is 0 Å². The molecule has 28 heavy (non-hydrogen) atoms. The molecule has 7 heteroatoms.